The van der Waals surface area contributed by atoms with Gasteiger partial charge in [0, 0.05) is 5.02 Å². The molecule has 1 rings (SSSR count). The Bertz CT molecular complexity index is 586. The van der Waals surface area contributed by atoms with Crippen molar-refractivity contribution in [3.8, 4) is 0 Å². The molecule has 0 aliphatic rings. The van der Waals surface area contributed by atoms with Crippen LogP contribution in [0.4, 0.5) is 0 Å². The van der Waals surface area contributed by atoms with Gasteiger partial charge in [-0.25, -0.2) is 8.42 Å². The highest BCUT2D eigenvalue weighted by atomic mass is 35.5. The molecule has 1 aromatic rings. The predicted molar refractivity (Wildman–Crippen MR) is 77.5 cm³/mol. The lowest BCUT2D eigenvalue weighted by Gasteiger charge is -2.15. The van der Waals surface area contributed by atoms with Gasteiger partial charge < -0.3 is 5.11 Å². The van der Waals surface area contributed by atoms with E-state index < -0.39 is 22.0 Å². The lowest BCUT2D eigenvalue weighted by molar-refractivity contribution is -0.139. The van der Waals surface area contributed by atoms with Crippen molar-refractivity contribution in [1.29, 1.82) is 0 Å². The Morgan fingerprint density at radius 2 is 2.10 bits per heavy atom. The number of benzene rings is 1. The van der Waals surface area contributed by atoms with E-state index in [0.29, 0.717) is 17.0 Å². The molecular weight excluding hydrogens is 302 g/mol. The van der Waals surface area contributed by atoms with Gasteiger partial charge in [-0.2, -0.15) is 4.72 Å². The average molecular weight is 320 g/mol. The van der Waals surface area contributed by atoms with Crippen LogP contribution >= 0.6 is 11.6 Å². The fourth-order valence-electron chi connectivity index (χ4n) is 1.81. The molecule has 0 radical (unpaired) electrons. The van der Waals surface area contributed by atoms with Gasteiger partial charge in [0.15, 0.2) is 0 Å². The second-order valence-corrected chi connectivity index (χ2v) is 6.68. The van der Waals surface area contributed by atoms with Crippen LogP contribution in [0.15, 0.2) is 23.1 Å². The fourth-order valence-corrected chi connectivity index (χ4v) is 3.48. The van der Waals surface area contributed by atoms with Crippen molar-refractivity contribution >= 4 is 27.6 Å². The summed E-state index contributed by atoms with van der Waals surface area (Å²) in [6.07, 6.45) is 1.70. The highest BCUT2D eigenvalue weighted by molar-refractivity contribution is 7.89. The van der Waals surface area contributed by atoms with E-state index in [-0.39, 0.29) is 11.3 Å². The van der Waals surface area contributed by atoms with E-state index in [2.05, 4.69) is 4.72 Å². The summed E-state index contributed by atoms with van der Waals surface area (Å²) in [6, 6.07) is 3.25. The van der Waals surface area contributed by atoms with Crippen LogP contribution in [0.2, 0.25) is 5.02 Å². The predicted octanol–water partition coefficient (Wildman–Crippen LogP) is 2.57. The molecule has 0 aromatic heterocycles. The number of rotatable bonds is 7. The van der Waals surface area contributed by atoms with E-state index in [0.717, 1.165) is 6.42 Å². The number of carbonyl (C=O) groups is 1. The first-order valence-corrected chi connectivity index (χ1v) is 8.15. The van der Waals surface area contributed by atoms with Crippen molar-refractivity contribution < 1.29 is 18.3 Å². The van der Waals surface area contributed by atoms with Gasteiger partial charge in [0.1, 0.15) is 6.04 Å². The van der Waals surface area contributed by atoms with Gasteiger partial charge >= 0.3 is 5.97 Å². The number of hydrogen-bond acceptors (Lipinski definition) is 3. The zero-order valence-electron chi connectivity index (χ0n) is 11.4. The Balaban J connectivity index is 3.00. The molecule has 0 aliphatic heterocycles. The van der Waals surface area contributed by atoms with Crippen molar-refractivity contribution in [1.82, 2.24) is 4.72 Å². The molecule has 1 unspecified atom stereocenters. The fraction of sp³-hybridized carbons (Fsp3) is 0.462. The lowest BCUT2D eigenvalue weighted by atomic mass is 10.1. The minimum absolute atomic E-state index is 0.0460. The van der Waals surface area contributed by atoms with E-state index in [1.807, 2.05) is 6.92 Å². The smallest absolute Gasteiger partial charge is 0.321 e. The number of hydrogen-bond donors (Lipinski definition) is 2. The van der Waals surface area contributed by atoms with E-state index in [9.17, 15) is 13.2 Å². The first-order valence-electron chi connectivity index (χ1n) is 6.29. The molecule has 0 saturated carbocycles. The Labute approximate surface area is 124 Å². The third kappa shape index (κ3) is 4.47. The Kier molecular flexibility index (Phi) is 5.98. The summed E-state index contributed by atoms with van der Waals surface area (Å²) in [6.45, 7) is 3.53. The van der Waals surface area contributed by atoms with Gasteiger partial charge in [-0.15, -0.1) is 0 Å². The summed E-state index contributed by atoms with van der Waals surface area (Å²) in [5, 5.41) is 9.51. The van der Waals surface area contributed by atoms with Crippen molar-refractivity contribution in [3.05, 3.63) is 28.8 Å². The zero-order chi connectivity index (χ0) is 15.3. The number of halogens is 1. The molecule has 1 aromatic carbocycles. The van der Waals surface area contributed by atoms with Crippen LogP contribution in [-0.2, 0) is 14.8 Å². The second-order valence-electron chi connectivity index (χ2n) is 4.56. The van der Waals surface area contributed by atoms with Crippen LogP contribution in [0.1, 0.15) is 31.7 Å². The van der Waals surface area contributed by atoms with E-state index in [1.165, 1.54) is 18.2 Å². The highest BCUT2D eigenvalue weighted by Gasteiger charge is 2.25. The van der Waals surface area contributed by atoms with Crippen molar-refractivity contribution in [2.24, 2.45) is 0 Å². The molecule has 0 heterocycles. The molecular formula is C13H18ClNO4S. The number of aryl methyl sites for hydroxylation is 1. The van der Waals surface area contributed by atoms with Gasteiger partial charge in [-0.05, 0) is 37.1 Å². The third-order valence-electron chi connectivity index (χ3n) is 2.87. The summed E-state index contributed by atoms with van der Waals surface area (Å²) in [5.74, 6) is -1.17. The van der Waals surface area contributed by atoms with Gasteiger partial charge in [0.25, 0.3) is 0 Å². The summed E-state index contributed by atoms with van der Waals surface area (Å²) in [4.78, 5) is 11.2. The maximum Gasteiger partial charge on any atom is 0.321 e. The van der Waals surface area contributed by atoms with Crippen molar-refractivity contribution in [2.45, 2.75) is 44.0 Å². The molecule has 2 N–H and O–H groups in total. The van der Waals surface area contributed by atoms with Gasteiger partial charge in [-0.3, -0.25) is 4.79 Å². The standard InChI is InChI=1S/C13H18ClNO4S/c1-3-4-5-11(13(16)17)15-20(18,19)12-7-6-10(14)8-9(12)2/h6-8,11,15H,3-5H2,1-2H3,(H,16,17). The monoisotopic (exact) mass is 319 g/mol. The summed E-state index contributed by atoms with van der Waals surface area (Å²) >= 11 is 5.78. The molecule has 5 nitrogen and oxygen atoms in total. The third-order valence-corrected chi connectivity index (χ3v) is 4.74. The van der Waals surface area contributed by atoms with E-state index in [4.69, 9.17) is 16.7 Å². The van der Waals surface area contributed by atoms with Crippen LogP contribution in [0.25, 0.3) is 0 Å². The summed E-state index contributed by atoms with van der Waals surface area (Å²) in [5.41, 5.74) is 0.477. The molecule has 112 valence electrons. The van der Waals surface area contributed by atoms with Crippen molar-refractivity contribution in [2.75, 3.05) is 0 Å². The van der Waals surface area contributed by atoms with Crippen LogP contribution in [-0.4, -0.2) is 25.5 Å². The number of carboxylic acid groups (broad SMARTS) is 1. The summed E-state index contributed by atoms with van der Waals surface area (Å²) in [7, 11) is -3.87. The average Bonchev–Trinajstić information content (AvgIpc) is 2.33. The molecule has 0 saturated heterocycles. The number of aliphatic carboxylic acids is 1. The van der Waals surface area contributed by atoms with Gasteiger partial charge in [-0.1, -0.05) is 31.4 Å². The van der Waals surface area contributed by atoms with Crippen LogP contribution in [0, 0.1) is 6.92 Å². The van der Waals surface area contributed by atoms with Gasteiger partial charge in [0.05, 0.1) is 4.90 Å². The zero-order valence-corrected chi connectivity index (χ0v) is 13.0. The Morgan fingerprint density at radius 1 is 1.45 bits per heavy atom. The number of unbranched alkanes of at least 4 members (excludes halogenated alkanes) is 1. The molecule has 0 aliphatic carbocycles. The largest absolute Gasteiger partial charge is 0.480 e. The molecule has 0 bridgehead atoms. The number of sulfonamides is 1. The minimum atomic E-state index is -3.87. The molecule has 7 heteroatoms. The molecule has 1 atom stereocenters. The van der Waals surface area contributed by atoms with Crippen LogP contribution < -0.4 is 4.72 Å². The molecule has 0 fully saturated rings. The number of carboxylic acids is 1. The first-order chi connectivity index (χ1) is 9.27. The van der Waals surface area contributed by atoms with Crippen LogP contribution in [0.3, 0.4) is 0 Å². The maximum absolute atomic E-state index is 12.2. The lowest BCUT2D eigenvalue weighted by Crippen LogP contribution is -2.40. The normalized spacial score (nSPS) is 13.2. The summed E-state index contributed by atoms with van der Waals surface area (Å²) < 4.78 is 26.7. The Hall–Kier alpha value is -1.11. The molecule has 20 heavy (non-hydrogen) atoms. The van der Waals surface area contributed by atoms with Crippen LogP contribution in [0.5, 0.6) is 0 Å². The first kappa shape index (κ1) is 16.9. The highest BCUT2D eigenvalue weighted by Crippen LogP contribution is 2.20. The number of nitrogens with one attached hydrogen (secondary N) is 1. The van der Waals surface area contributed by atoms with E-state index in [1.54, 1.807) is 6.92 Å². The second kappa shape index (κ2) is 7.06. The van der Waals surface area contributed by atoms with E-state index >= 15 is 0 Å². The molecule has 0 spiro atoms. The maximum atomic E-state index is 12.2. The Morgan fingerprint density at radius 3 is 2.60 bits per heavy atom. The topological polar surface area (TPSA) is 83.5 Å². The minimum Gasteiger partial charge on any atom is -0.480 e. The SMILES string of the molecule is CCCCC(NS(=O)(=O)c1ccc(Cl)cc1C)C(=O)O. The van der Waals surface area contributed by atoms with Crippen molar-refractivity contribution in [3.63, 3.8) is 0 Å². The van der Waals surface area contributed by atoms with Gasteiger partial charge in [0.2, 0.25) is 10.0 Å². The quantitative estimate of drug-likeness (QED) is 0.809. The molecule has 0 amide bonds.